The quantitative estimate of drug-likeness (QED) is 0.861. The second-order valence-electron chi connectivity index (χ2n) is 5.56. The van der Waals surface area contributed by atoms with Gasteiger partial charge in [-0.25, -0.2) is 0 Å². The molecule has 3 N–H and O–H groups in total. The number of hydrogen-bond acceptors (Lipinski definition) is 4. The summed E-state index contributed by atoms with van der Waals surface area (Å²) in [7, 11) is 0. The Morgan fingerprint density at radius 3 is 2.71 bits per heavy atom. The van der Waals surface area contributed by atoms with Crippen molar-refractivity contribution in [2.45, 2.75) is 19.1 Å². The van der Waals surface area contributed by atoms with E-state index in [0.29, 0.717) is 16.8 Å². The number of nitrogens with one attached hydrogen (secondary N) is 1. The highest BCUT2D eigenvalue weighted by Gasteiger charge is 2.38. The van der Waals surface area contributed by atoms with Crippen molar-refractivity contribution in [3.63, 3.8) is 0 Å². The number of hydrogen-bond donors (Lipinski definition) is 2. The van der Waals surface area contributed by atoms with Gasteiger partial charge in [-0.2, -0.15) is 13.2 Å². The minimum Gasteiger partial charge on any atom is -0.378 e. The summed E-state index contributed by atoms with van der Waals surface area (Å²) in [6.07, 6.45) is -4.39. The number of primary amides is 1. The van der Waals surface area contributed by atoms with Crippen molar-refractivity contribution in [1.29, 1.82) is 0 Å². The third-order valence-corrected chi connectivity index (χ3v) is 3.68. The third-order valence-electron chi connectivity index (χ3n) is 3.68. The van der Waals surface area contributed by atoms with Gasteiger partial charge in [0.15, 0.2) is 0 Å². The molecule has 0 saturated carbocycles. The molecule has 0 radical (unpaired) electrons. The van der Waals surface area contributed by atoms with Crippen LogP contribution in [0.3, 0.4) is 0 Å². The number of nitrogens with zero attached hydrogens (tertiary/aromatic N) is 1. The summed E-state index contributed by atoms with van der Waals surface area (Å²) in [4.78, 5) is 24.5. The van der Waals surface area contributed by atoms with Crippen LogP contribution in [0.2, 0.25) is 0 Å². The van der Waals surface area contributed by atoms with E-state index in [2.05, 4.69) is 5.32 Å². The fourth-order valence-corrected chi connectivity index (χ4v) is 2.54. The van der Waals surface area contributed by atoms with E-state index in [-0.39, 0.29) is 19.8 Å². The summed E-state index contributed by atoms with van der Waals surface area (Å²) in [5, 5.41) is 2.55. The van der Waals surface area contributed by atoms with Crippen LogP contribution < -0.4 is 11.1 Å². The van der Waals surface area contributed by atoms with E-state index in [1.807, 2.05) is 0 Å². The first-order valence-electron chi connectivity index (χ1n) is 7.27. The van der Waals surface area contributed by atoms with Crippen molar-refractivity contribution in [1.82, 2.24) is 4.90 Å². The van der Waals surface area contributed by atoms with Crippen LogP contribution in [-0.2, 0) is 9.53 Å². The number of carbonyl (C=O) groups excluding carboxylic acids is 2. The molecule has 1 atom stereocenters. The smallest absolute Gasteiger partial charge is 0.378 e. The molecule has 1 heterocycles. The number of halogens is 3. The van der Waals surface area contributed by atoms with Gasteiger partial charge >= 0.3 is 6.18 Å². The van der Waals surface area contributed by atoms with E-state index in [1.54, 1.807) is 6.92 Å². The summed E-state index contributed by atoms with van der Waals surface area (Å²) in [6, 6.07) is 3.44. The molecule has 2 amide bonds. The van der Waals surface area contributed by atoms with Gasteiger partial charge in [-0.1, -0.05) is 0 Å². The second-order valence-corrected chi connectivity index (χ2v) is 5.56. The zero-order valence-corrected chi connectivity index (χ0v) is 13.0. The molecule has 1 aliphatic heterocycles. The van der Waals surface area contributed by atoms with E-state index in [1.165, 1.54) is 18.2 Å². The Balaban J connectivity index is 2.09. The Bertz CT molecular complexity index is 634. The number of rotatable bonds is 4. The van der Waals surface area contributed by atoms with Gasteiger partial charge in [-0.15, -0.1) is 0 Å². The van der Waals surface area contributed by atoms with Gasteiger partial charge in [-0.3, -0.25) is 14.5 Å². The highest BCUT2D eigenvalue weighted by molar-refractivity contribution is 5.97. The van der Waals surface area contributed by atoms with Crippen molar-refractivity contribution >= 4 is 17.5 Å². The zero-order valence-electron chi connectivity index (χ0n) is 13.0. The van der Waals surface area contributed by atoms with Gasteiger partial charge < -0.3 is 15.8 Å². The van der Waals surface area contributed by atoms with Crippen LogP contribution in [0.15, 0.2) is 18.2 Å². The Labute approximate surface area is 136 Å². The molecule has 132 valence electrons. The van der Waals surface area contributed by atoms with Crippen LogP contribution in [-0.4, -0.2) is 55.2 Å². The molecule has 0 unspecified atom stereocenters. The van der Waals surface area contributed by atoms with Crippen molar-refractivity contribution in [2.24, 2.45) is 5.73 Å². The highest BCUT2D eigenvalue weighted by Crippen LogP contribution is 2.21. The molecule has 1 aromatic carbocycles. The first-order valence-corrected chi connectivity index (χ1v) is 7.27. The molecule has 0 bridgehead atoms. The Hall–Kier alpha value is -2.13. The first kappa shape index (κ1) is 18.2. The third kappa shape index (κ3) is 4.68. The maximum absolute atomic E-state index is 12.6. The van der Waals surface area contributed by atoms with Crippen LogP contribution in [0.1, 0.15) is 15.9 Å². The maximum atomic E-state index is 12.6. The van der Waals surface area contributed by atoms with Crippen LogP contribution in [0.4, 0.5) is 18.9 Å². The summed E-state index contributed by atoms with van der Waals surface area (Å²) in [5.74, 6) is -1.19. The maximum Gasteiger partial charge on any atom is 0.401 e. The largest absolute Gasteiger partial charge is 0.401 e. The van der Waals surface area contributed by atoms with Gasteiger partial charge in [-0.05, 0) is 30.7 Å². The Morgan fingerprint density at radius 1 is 1.42 bits per heavy atom. The van der Waals surface area contributed by atoms with E-state index in [4.69, 9.17) is 10.5 Å². The lowest BCUT2D eigenvalue weighted by atomic mass is 10.1. The van der Waals surface area contributed by atoms with E-state index >= 15 is 0 Å². The number of amides is 2. The van der Waals surface area contributed by atoms with Crippen molar-refractivity contribution < 1.29 is 27.5 Å². The molecule has 0 aromatic heterocycles. The van der Waals surface area contributed by atoms with Crippen molar-refractivity contribution in [3.05, 3.63) is 29.3 Å². The number of ether oxygens (including phenoxy) is 1. The molecule has 24 heavy (non-hydrogen) atoms. The van der Waals surface area contributed by atoms with Crippen LogP contribution in [0.25, 0.3) is 0 Å². The van der Waals surface area contributed by atoms with E-state index in [9.17, 15) is 22.8 Å². The van der Waals surface area contributed by atoms with Gasteiger partial charge in [0.1, 0.15) is 6.04 Å². The van der Waals surface area contributed by atoms with Gasteiger partial charge in [0.2, 0.25) is 11.8 Å². The second kappa shape index (κ2) is 7.18. The topological polar surface area (TPSA) is 84.7 Å². The monoisotopic (exact) mass is 345 g/mol. The highest BCUT2D eigenvalue weighted by atomic mass is 19.4. The standard InChI is InChI=1S/C15H18F3N3O3/c1-9-6-10(2-3-11(9)13(19)22)20-14(23)12-7-24-5-4-21(12)8-15(16,17)18/h2-3,6,12H,4-5,7-8H2,1H3,(H2,19,22)(H,20,23)/t12-/m1/s1. The van der Waals surface area contributed by atoms with Gasteiger partial charge in [0.05, 0.1) is 19.8 Å². The van der Waals surface area contributed by atoms with Gasteiger partial charge in [0, 0.05) is 17.8 Å². The fraction of sp³-hybridized carbons (Fsp3) is 0.467. The molecule has 6 nitrogen and oxygen atoms in total. The van der Waals surface area contributed by atoms with E-state index in [0.717, 1.165) is 4.90 Å². The Morgan fingerprint density at radius 2 is 2.12 bits per heavy atom. The first-order chi connectivity index (χ1) is 11.2. The molecule has 0 spiro atoms. The molecular formula is C15H18F3N3O3. The average molecular weight is 345 g/mol. The average Bonchev–Trinajstić information content (AvgIpc) is 2.45. The lowest BCUT2D eigenvalue weighted by molar-refractivity contribution is -0.165. The molecule has 9 heteroatoms. The number of alkyl halides is 3. The molecule has 1 saturated heterocycles. The lowest BCUT2D eigenvalue weighted by Crippen LogP contribution is -2.54. The number of aryl methyl sites for hydroxylation is 1. The summed E-state index contributed by atoms with van der Waals surface area (Å²) >= 11 is 0. The molecule has 1 fully saturated rings. The molecule has 1 aromatic rings. The Kier molecular flexibility index (Phi) is 5.45. The lowest BCUT2D eigenvalue weighted by Gasteiger charge is -2.34. The number of morpholine rings is 1. The zero-order chi connectivity index (χ0) is 17.9. The predicted molar refractivity (Wildman–Crippen MR) is 80.6 cm³/mol. The minimum absolute atomic E-state index is 0.0250. The minimum atomic E-state index is -4.39. The van der Waals surface area contributed by atoms with Crippen molar-refractivity contribution in [3.8, 4) is 0 Å². The van der Waals surface area contributed by atoms with Gasteiger partial charge in [0.25, 0.3) is 0 Å². The fourth-order valence-electron chi connectivity index (χ4n) is 2.54. The van der Waals surface area contributed by atoms with Crippen molar-refractivity contribution in [2.75, 3.05) is 31.6 Å². The molecule has 2 rings (SSSR count). The molecule has 0 aliphatic carbocycles. The van der Waals surface area contributed by atoms with Crippen LogP contribution in [0, 0.1) is 6.92 Å². The molecule has 1 aliphatic rings. The summed E-state index contributed by atoms with van der Waals surface area (Å²) in [5.41, 5.74) is 6.45. The SMILES string of the molecule is Cc1cc(NC(=O)[C@H]2COCCN2CC(F)(F)F)ccc1C(N)=O. The number of anilines is 1. The number of carbonyl (C=O) groups is 2. The normalized spacial score (nSPS) is 19.1. The summed E-state index contributed by atoms with van der Waals surface area (Å²) in [6.45, 7) is 0.535. The van der Waals surface area contributed by atoms with Crippen LogP contribution in [0.5, 0.6) is 0 Å². The predicted octanol–water partition coefficient (Wildman–Crippen LogP) is 1.30. The van der Waals surface area contributed by atoms with E-state index < -0.39 is 30.6 Å². The number of nitrogens with two attached hydrogens (primary N) is 1. The number of benzene rings is 1. The summed E-state index contributed by atoms with van der Waals surface area (Å²) < 4.78 is 43.0. The van der Waals surface area contributed by atoms with Crippen LogP contribution >= 0.6 is 0 Å². The molecular weight excluding hydrogens is 327 g/mol.